The van der Waals surface area contributed by atoms with E-state index < -0.39 is 0 Å². The second kappa shape index (κ2) is 9.62. The Morgan fingerprint density at radius 2 is 1.42 bits per heavy atom. The quantitative estimate of drug-likeness (QED) is 0.566. The van der Waals surface area contributed by atoms with Gasteiger partial charge in [-0.15, -0.1) is 0 Å². The third kappa shape index (κ3) is 7.19. The van der Waals surface area contributed by atoms with E-state index in [0.717, 1.165) is 24.8 Å². The van der Waals surface area contributed by atoms with Crippen LogP contribution in [0.2, 0.25) is 0 Å². The van der Waals surface area contributed by atoms with Gasteiger partial charge in [0, 0.05) is 45.0 Å². The molecule has 1 atom stereocenters. The minimum atomic E-state index is 0.688. The zero-order valence-corrected chi connectivity index (χ0v) is 13.6. The molecule has 110 valence electrons. The van der Waals surface area contributed by atoms with Crippen molar-refractivity contribution in [2.24, 2.45) is 11.8 Å². The number of piperazine rings is 1. The van der Waals surface area contributed by atoms with Crippen molar-refractivity contribution in [3.8, 4) is 0 Å². The molecule has 0 aliphatic carbocycles. The molecule has 0 spiro atoms. The van der Waals surface area contributed by atoms with Crippen LogP contribution in [0.1, 0.15) is 20.8 Å². The lowest BCUT2D eigenvalue weighted by Crippen LogP contribution is -2.46. The van der Waals surface area contributed by atoms with E-state index >= 15 is 0 Å². The summed E-state index contributed by atoms with van der Waals surface area (Å²) in [6.07, 6.45) is 9.08. The molecule has 0 aromatic rings. The maximum Gasteiger partial charge on any atom is 0.0164 e. The van der Waals surface area contributed by atoms with Gasteiger partial charge in [-0.2, -0.15) is 12.6 Å². The average molecular weight is 282 g/mol. The molecule has 3 heteroatoms. The first-order valence-electron chi connectivity index (χ1n) is 7.50. The van der Waals surface area contributed by atoms with Crippen LogP contribution in [0.3, 0.4) is 0 Å². The smallest absolute Gasteiger partial charge is 0.0164 e. The second-order valence-electron chi connectivity index (χ2n) is 5.79. The Labute approximate surface area is 125 Å². The molecule has 1 aliphatic rings. The second-order valence-corrected chi connectivity index (χ2v) is 6.15. The lowest BCUT2D eigenvalue weighted by atomic mass is 9.98. The van der Waals surface area contributed by atoms with Crippen LogP contribution >= 0.6 is 12.6 Å². The van der Waals surface area contributed by atoms with E-state index in [1.54, 1.807) is 0 Å². The molecule has 0 radical (unpaired) electrons. The zero-order chi connectivity index (χ0) is 14.1. The van der Waals surface area contributed by atoms with Crippen molar-refractivity contribution in [1.29, 1.82) is 0 Å². The number of hydrogen-bond acceptors (Lipinski definition) is 3. The predicted molar refractivity (Wildman–Crippen MR) is 89.0 cm³/mol. The Morgan fingerprint density at radius 3 is 1.89 bits per heavy atom. The van der Waals surface area contributed by atoms with Crippen molar-refractivity contribution in [3.05, 3.63) is 24.3 Å². The van der Waals surface area contributed by atoms with E-state index in [2.05, 4.69) is 67.5 Å². The number of thiol groups is 1. The maximum absolute atomic E-state index is 4.18. The highest BCUT2D eigenvalue weighted by atomic mass is 32.1. The summed E-state index contributed by atoms with van der Waals surface area (Å²) >= 11 is 4.18. The fraction of sp³-hybridized carbons (Fsp3) is 0.750. The lowest BCUT2D eigenvalue weighted by molar-refractivity contribution is 0.153. The summed E-state index contributed by atoms with van der Waals surface area (Å²) in [5.41, 5.74) is 0. The van der Waals surface area contributed by atoms with Crippen molar-refractivity contribution in [2.75, 3.05) is 45.0 Å². The molecule has 0 aromatic heterocycles. The predicted octanol–water partition coefficient (Wildman–Crippen LogP) is 2.94. The normalized spacial score (nSPS) is 20.9. The van der Waals surface area contributed by atoms with Gasteiger partial charge in [-0.3, -0.25) is 9.80 Å². The number of hydrogen-bond donors (Lipinski definition) is 1. The van der Waals surface area contributed by atoms with Crippen LogP contribution < -0.4 is 0 Å². The van der Waals surface area contributed by atoms with E-state index in [1.165, 1.54) is 26.2 Å². The number of nitrogens with zero attached hydrogens (tertiary/aromatic N) is 2. The number of allylic oxidation sites excluding steroid dienone is 1. The fourth-order valence-electron chi connectivity index (χ4n) is 2.10. The number of rotatable bonds is 7. The summed E-state index contributed by atoms with van der Waals surface area (Å²) in [6, 6.07) is 0. The van der Waals surface area contributed by atoms with Crippen molar-refractivity contribution >= 4 is 12.6 Å². The van der Waals surface area contributed by atoms with Crippen LogP contribution in [-0.4, -0.2) is 54.8 Å². The Hall–Kier alpha value is -0.250. The molecule has 0 N–H and O–H groups in total. The summed E-state index contributed by atoms with van der Waals surface area (Å²) in [5.74, 6) is 2.28. The highest BCUT2D eigenvalue weighted by Crippen LogP contribution is 2.11. The van der Waals surface area contributed by atoms with E-state index in [4.69, 9.17) is 0 Å². The molecule has 19 heavy (non-hydrogen) atoms. The third-order valence-corrected chi connectivity index (χ3v) is 4.17. The van der Waals surface area contributed by atoms with Crippen molar-refractivity contribution < 1.29 is 0 Å². The molecular formula is C16H30N2S. The zero-order valence-electron chi connectivity index (χ0n) is 12.8. The van der Waals surface area contributed by atoms with Gasteiger partial charge < -0.3 is 0 Å². The molecule has 1 aliphatic heterocycles. The molecule has 0 amide bonds. The highest BCUT2D eigenvalue weighted by Gasteiger charge is 2.14. The molecule has 2 nitrogen and oxygen atoms in total. The first-order chi connectivity index (χ1) is 9.13. The summed E-state index contributed by atoms with van der Waals surface area (Å²) in [5, 5.41) is 0. The van der Waals surface area contributed by atoms with Crippen LogP contribution in [0.4, 0.5) is 0 Å². The minimum absolute atomic E-state index is 0.688. The molecule has 0 bridgehead atoms. The van der Waals surface area contributed by atoms with Crippen LogP contribution in [-0.2, 0) is 0 Å². The summed E-state index contributed by atoms with van der Waals surface area (Å²) in [4.78, 5) is 5.05. The molecule has 0 aromatic carbocycles. The topological polar surface area (TPSA) is 6.48 Å². The van der Waals surface area contributed by atoms with Crippen LogP contribution in [0.5, 0.6) is 0 Å². The molecule has 1 heterocycles. The van der Waals surface area contributed by atoms with Gasteiger partial charge in [-0.25, -0.2) is 0 Å². The molecular weight excluding hydrogens is 252 g/mol. The van der Waals surface area contributed by atoms with Gasteiger partial charge in [0.05, 0.1) is 0 Å². The molecule has 1 rings (SSSR count). The standard InChI is InChI=1S/C16H30N2S/c1-15(2)16(3)7-6-9-18-12-10-17(11-13-18)8-4-5-14-19/h4-7,15-16,19H,8-14H2,1-3H3/b5-4+,7-6+. The summed E-state index contributed by atoms with van der Waals surface area (Å²) in [6.45, 7) is 13.8. The third-order valence-electron chi connectivity index (χ3n) is 3.96. The summed E-state index contributed by atoms with van der Waals surface area (Å²) < 4.78 is 0. The summed E-state index contributed by atoms with van der Waals surface area (Å²) in [7, 11) is 0. The van der Waals surface area contributed by atoms with Gasteiger partial charge in [0.1, 0.15) is 0 Å². The van der Waals surface area contributed by atoms with Gasteiger partial charge in [0.15, 0.2) is 0 Å². The largest absolute Gasteiger partial charge is 0.297 e. The van der Waals surface area contributed by atoms with Gasteiger partial charge in [-0.05, 0) is 11.8 Å². The van der Waals surface area contributed by atoms with Crippen LogP contribution in [0.25, 0.3) is 0 Å². The van der Waals surface area contributed by atoms with E-state index in [1.807, 2.05) is 0 Å². The lowest BCUT2D eigenvalue weighted by Gasteiger charge is -2.33. The fourth-order valence-corrected chi connectivity index (χ4v) is 2.25. The van der Waals surface area contributed by atoms with Gasteiger partial charge in [0.2, 0.25) is 0 Å². The van der Waals surface area contributed by atoms with Crippen molar-refractivity contribution in [3.63, 3.8) is 0 Å². The first kappa shape index (κ1) is 16.8. The Balaban J connectivity index is 2.18. The van der Waals surface area contributed by atoms with Crippen molar-refractivity contribution in [2.45, 2.75) is 20.8 Å². The Kier molecular flexibility index (Phi) is 8.51. The van der Waals surface area contributed by atoms with E-state index in [0.29, 0.717) is 5.92 Å². The van der Waals surface area contributed by atoms with Gasteiger partial charge in [0.25, 0.3) is 0 Å². The Morgan fingerprint density at radius 1 is 0.895 bits per heavy atom. The van der Waals surface area contributed by atoms with Gasteiger partial charge >= 0.3 is 0 Å². The monoisotopic (exact) mass is 282 g/mol. The van der Waals surface area contributed by atoms with E-state index in [-0.39, 0.29) is 0 Å². The average Bonchev–Trinajstić information content (AvgIpc) is 2.40. The molecule has 0 saturated carbocycles. The van der Waals surface area contributed by atoms with Gasteiger partial charge in [-0.1, -0.05) is 45.1 Å². The highest BCUT2D eigenvalue weighted by molar-refractivity contribution is 7.80. The van der Waals surface area contributed by atoms with Crippen LogP contribution in [0, 0.1) is 11.8 Å². The van der Waals surface area contributed by atoms with Crippen molar-refractivity contribution in [1.82, 2.24) is 9.80 Å². The molecule has 1 fully saturated rings. The minimum Gasteiger partial charge on any atom is -0.297 e. The molecule has 1 unspecified atom stereocenters. The van der Waals surface area contributed by atoms with Crippen LogP contribution in [0.15, 0.2) is 24.3 Å². The SMILES string of the molecule is CC(C)C(C)/C=C/CN1CCN(C/C=C/CS)CC1. The Bertz CT molecular complexity index is 278. The first-order valence-corrected chi connectivity index (χ1v) is 8.14. The molecule has 1 saturated heterocycles. The maximum atomic E-state index is 4.18. The van der Waals surface area contributed by atoms with E-state index in [9.17, 15) is 0 Å².